The number of likely N-dealkylation sites (N-methyl/N-ethyl adjacent to an activating group) is 1. The number of ether oxygens (including phenoxy) is 1. The molecule has 1 aromatic carbocycles. The topological polar surface area (TPSA) is 95.6 Å². The Morgan fingerprint density at radius 3 is 2.53 bits per heavy atom. The van der Waals surface area contributed by atoms with E-state index in [1.165, 1.54) is 0 Å². The van der Waals surface area contributed by atoms with Crippen LogP contribution in [0.3, 0.4) is 0 Å². The van der Waals surface area contributed by atoms with E-state index in [9.17, 15) is 9.59 Å². The van der Waals surface area contributed by atoms with Gasteiger partial charge in [-0.15, -0.1) is 0 Å². The molecule has 1 aliphatic carbocycles. The second kappa shape index (κ2) is 9.34. The first-order valence-electron chi connectivity index (χ1n) is 10.8. The number of amides is 3. The Morgan fingerprint density at radius 2 is 1.94 bits per heavy atom. The van der Waals surface area contributed by atoms with Gasteiger partial charge in [0.1, 0.15) is 11.3 Å². The van der Waals surface area contributed by atoms with E-state index in [1.54, 1.807) is 44.6 Å². The lowest BCUT2D eigenvalue weighted by Crippen LogP contribution is -2.57. The first-order valence-corrected chi connectivity index (χ1v) is 11.1. The monoisotopic (exact) mass is 457 g/mol. The number of carbonyl (C=O) groups is 2. The van der Waals surface area contributed by atoms with Crippen molar-refractivity contribution in [2.75, 3.05) is 32.6 Å². The Hall–Kier alpha value is -2.84. The van der Waals surface area contributed by atoms with Crippen LogP contribution in [0.2, 0.25) is 5.02 Å². The highest BCUT2D eigenvalue weighted by Crippen LogP contribution is 2.45. The third kappa shape index (κ3) is 4.66. The first-order chi connectivity index (χ1) is 15.4. The molecule has 0 spiro atoms. The van der Waals surface area contributed by atoms with Crippen LogP contribution in [0.25, 0.3) is 0 Å². The van der Waals surface area contributed by atoms with Gasteiger partial charge in [0.05, 0.1) is 13.3 Å². The second-order valence-electron chi connectivity index (χ2n) is 8.29. The highest BCUT2D eigenvalue weighted by atomic mass is 35.5. The summed E-state index contributed by atoms with van der Waals surface area (Å²) in [6.45, 7) is 1.37. The predicted molar refractivity (Wildman–Crippen MR) is 123 cm³/mol. The number of rotatable bonds is 6. The van der Waals surface area contributed by atoms with Gasteiger partial charge >= 0.3 is 6.03 Å². The second-order valence-corrected chi connectivity index (χ2v) is 8.72. The lowest BCUT2D eigenvalue weighted by Gasteiger charge is -2.42. The van der Waals surface area contributed by atoms with Crippen LogP contribution in [0.5, 0.6) is 5.75 Å². The van der Waals surface area contributed by atoms with Gasteiger partial charge in [-0.25, -0.2) is 4.79 Å². The van der Waals surface area contributed by atoms with Crippen molar-refractivity contribution in [3.8, 4) is 5.75 Å². The lowest BCUT2D eigenvalue weighted by atomic mass is 9.87. The van der Waals surface area contributed by atoms with Gasteiger partial charge in [-0.05, 0) is 55.7 Å². The number of nitrogens with zero attached hydrogens (tertiary/aromatic N) is 2. The number of nitrogens with one attached hydrogen (secondary N) is 3. The van der Waals surface area contributed by atoms with Crippen molar-refractivity contribution in [3.63, 3.8) is 0 Å². The lowest BCUT2D eigenvalue weighted by molar-refractivity contribution is -0.128. The zero-order chi connectivity index (χ0) is 22.7. The molecule has 0 bridgehead atoms. The fourth-order valence-electron chi connectivity index (χ4n) is 4.45. The molecule has 1 aromatic heterocycles. The number of anilines is 1. The number of benzene rings is 1. The number of carbonyl (C=O) groups excluding carboxylic acids is 2. The minimum absolute atomic E-state index is 0.0610. The van der Waals surface area contributed by atoms with Crippen LogP contribution in [-0.4, -0.2) is 60.6 Å². The van der Waals surface area contributed by atoms with Crippen LogP contribution in [0.15, 0.2) is 42.6 Å². The fraction of sp³-hybridized carbons (Fsp3) is 0.435. The number of halogens is 1. The molecule has 2 atom stereocenters. The molecule has 1 aliphatic heterocycles. The Balaban J connectivity index is 1.51. The van der Waals surface area contributed by atoms with E-state index < -0.39 is 5.54 Å². The zero-order valence-electron chi connectivity index (χ0n) is 18.2. The van der Waals surface area contributed by atoms with E-state index in [2.05, 4.69) is 25.8 Å². The normalized spacial score (nSPS) is 22.0. The molecule has 9 heteroatoms. The highest BCUT2D eigenvalue weighted by molar-refractivity contribution is 6.30. The molecule has 170 valence electrons. The molecule has 2 fully saturated rings. The third-order valence-electron chi connectivity index (χ3n) is 6.38. The molecular formula is C23H28ClN5O3. The fourth-order valence-corrected chi connectivity index (χ4v) is 4.58. The Labute approximate surface area is 192 Å². The molecule has 1 saturated heterocycles. The van der Waals surface area contributed by atoms with Gasteiger partial charge in [0.2, 0.25) is 5.91 Å². The number of pyridine rings is 1. The SMILES string of the molecule is CNC(=O)C1(N2CC[C@@H](NC(=O)Nc3ccc(Cl)cc3)[C@H](c3ccc(OC)cn3)C2)CC1. The average molecular weight is 458 g/mol. The van der Waals surface area contributed by atoms with Crippen molar-refractivity contribution in [3.05, 3.63) is 53.3 Å². The molecule has 3 N–H and O–H groups in total. The van der Waals surface area contributed by atoms with E-state index in [1.807, 2.05) is 12.1 Å². The molecule has 4 rings (SSSR count). The van der Waals surface area contributed by atoms with Crippen molar-refractivity contribution in [1.82, 2.24) is 20.5 Å². The van der Waals surface area contributed by atoms with E-state index in [0.717, 1.165) is 25.1 Å². The maximum atomic E-state index is 12.7. The van der Waals surface area contributed by atoms with Gasteiger partial charge in [-0.3, -0.25) is 14.7 Å². The van der Waals surface area contributed by atoms with Crippen molar-refractivity contribution >= 4 is 29.2 Å². The summed E-state index contributed by atoms with van der Waals surface area (Å²) in [5, 5.41) is 9.39. The smallest absolute Gasteiger partial charge is 0.319 e. The standard InChI is InChI=1S/C23H28ClN5O3/c1-25-21(30)23(10-11-23)29-12-9-20(18(14-29)19-8-7-17(32-2)13-26-19)28-22(31)27-16-5-3-15(24)4-6-16/h3-8,13,18,20H,9-12,14H2,1-2H3,(H,25,30)(H2,27,28,31)/t18-,20+/m0/s1. The zero-order valence-corrected chi connectivity index (χ0v) is 19.0. The molecule has 8 nitrogen and oxygen atoms in total. The number of methoxy groups -OCH3 is 1. The van der Waals surface area contributed by atoms with Gasteiger partial charge in [-0.1, -0.05) is 11.6 Å². The molecule has 0 unspecified atom stereocenters. The van der Waals surface area contributed by atoms with Crippen LogP contribution in [-0.2, 0) is 4.79 Å². The predicted octanol–water partition coefficient (Wildman–Crippen LogP) is 3.00. The Kier molecular flexibility index (Phi) is 6.53. The minimum atomic E-state index is -0.435. The van der Waals surface area contributed by atoms with Crippen molar-refractivity contribution in [1.29, 1.82) is 0 Å². The number of aromatic nitrogens is 1. The first kappa shape index (κ1) is 22.4. The Morgan fingerprint density at radius 1 is 1.19 bits per heavy atom. The van der Waals surface area contributed by atoms with Crippen LogP contribution in [0, 0.1) is 0 Å². The minimum Gasteiger partial charge on any atom is -0.495 e. The maximum Gasteiger partial charge on any atom is 0.319 e. The summed E-state index contributed by atoms with van der Waals surface area (Å²) in [7, 11) is 3.28. The van der Waals surface area contributed by atoms with Crippen molar-refractivity contribution < 1.29 is 14.3 Å². The summed E-state index contributed by atoms with van der Waals surface area (Å²) in [6.07, 6.45) is 4.10. The third-order valence-corrected chi connectivity index (χ3v) is 6.64. The highest BCUT2D eigenvalue weighted by Gasteiger charge is 2.55. The molecular weight excluding hydrogens is 430 g/mol. The van der Waals surface area contributed by atoms with Crippen molar-refractivity contribution in [2.24, 2.45) is 0 Å². The number of hydrogen-bond acceptors (Lipinski definition) is 5. The summed E-state index contributed by atoms with van der Waals surface area (Å²) in [5.74, 6) is 0.675. The largest absolute Gasteiger partial charge is 0.495 e. The summed E-state index contributed by atoms with van der Waals surface area (Å²) in [4.78, 5) is 32.1. The Bertz CT molecular complexity index is 963. The van der Waals surface area contributed by atoms with Gasteiger partial charge in [0.25, 0.3) is 0 Å². The van der Waals surface area contributed by atoms with Crippen LogP contribution < -0.4 is 20.7 Å². The van der Waals surface area contributed by atoms with E-state index in [4.69, 9.17) is 16.3 Å². The molecule has 1 saturated carbocycles. The molecule has 0 radical (unpaired) electrons. The average Bonchev–Trinajstić information content (AvgIpc) is 3.62. The van der Waals surface area contributed by atoms with E-state index >= 15 is 0 Å². The number of urea groups is 1. The van der Waals surface area contributed by atoms with Gasteiger partial charge in [0.15, 0.2) is 0 Å². The maximum absolute atomic E-state index is 12.7. The molecule has 2 aromatic rings. The summed E-state index contributed by atoms with van der Waals surface area (Å²) >= 11 is 5.92. The molecule has 32 heavy (non-hydrogen) atoms. The summed E-state index contributed by atoms with van der Waals surface area (Å²) in [5.41, 5.74) is 1.09. The van der Waals surface area contributed by atoms with Crippen molar-refractivity contribution in [2.45, 2.75) is 36.8 Å². The van der Waals surface area contributed by atoms with Gasteiger partial charge in [0, 0.05) is 48.5 Å². The van der Waals surface area contributed by atoms with Crippen LogP contribution in [0.1, 0.15) is 30.9 Å². The van der Waals surface area contributed by atoms with Crippen LogP contribution in [0.4, 0.5) is 10.5 Å². The molecule has 3 amide bonds. The van der Waals surface area contributed by atoms with E-state index in [-0.39, 0.29) is 23.9 Å². The molecule has 2 aliphatic rings. The number of likely N-dealkylation sites (tertiary alicyclic amines) is 1. The summed E-state index contributed by atoms with van der Waals surface area (Å²) in [6, 6.07) is 10.4. The summed E-state index contributed by atoms with van der Waals surface area (Å²) < 4.78 is 5.24. The van der Waals surface area contributed by atoms with Crippen LogP contribution >= 0.6 is 11.6 Å². The molecule has 2 heterocycles. The number of hydrogen-bond donors (Lipinski definition) is 3. The van der Waals surface area contributed by atoms with Gasteiger partial charge < -0.3 is 20.7 Å². The quantitative estimate of drug-likeness (QED) is 0.619. The van der Waals surface area contributed by atoms with E-state index in [0.29, 0.717) is 29.4 Å². The van der Waals surface area contributed by atoms with Gasteiger partial charge in [-0.2, -0.15) is 0 Å². The number of piperidine rings is 1.